The molecule has 1 aromatic heterocycles. The zero-order valence-corrected chi connectivity index (χ0v) is 18.0. The third-order valence-electron chi connectivity index (χ3n) is 6.86. The zero-order chi connectivity index (χ0) is 20.4. The molecule has 3 aliphatic rings. The van der Waals surface area contributed by atoms with Crippen molar-refractivity contribution in [3.63, 3.8) is 0 Å². The van der Waals surface area contributed by atoms with E-state index < -0.39 is 5.79 Å². The Hall–Kier alpha value is -1.44. The number of pyridine rings is 1. The summed E-state index contributed by atoms with van der Waals surface area (Å²) in [6, 6.07) is 9.00. The van der Waals surface area contributed by atoms with Crippen molar-refractivity contribution in [2.45, 2.75) is 62.8 Å². The van der Waals surface area contributed by atoms with Gasteiger partial charge in [-0.1, -0.05) is 18.0 Å². The second kappa shape index (κ2) is 8.97. The number of halogens is 1. The van der Waals surface area contributed by atoms with Crippen LogP contribution in [0.2, 0.25) is 5.02 Å². The van der Waals surface area contributed by atoms with E-state index in [-0.39, 0.29) is 0 Å². The number of benzene rings is 1. The fraction of sp³-hybridized carbons (Fsp3) is 0.609. The molecule has 2 unspecified atom stereocenters. The van der Waals surface area contributed by atoms with E-state index in [9.17, 15) is 0 Å². The predicted molar refractivity (Wildman–Crippen MR) is 117 cm³/mol. The molecular formula is C23H30ClN3O3. The Morgan fingerprint density at radius 2 is 2.00 bits per heavy atom. The van der Waals surface area contributed by atoms with Crippen LogP contribution in [0.1, 0.15) is 44.9 Å². The maximum absolute atomic E-state index is 6.14. The summed E-state index contributed by atoms with van der Waals surface area (Å²) in [7, 11) is 0. The van der Waals surface area contributed by atoms with Gasteiger partial charge in [-0.2, -0.15) is 0 Å². The van der Waals surface area contributed by atoms with Gasteiger partial charge in [-0.3, -0.25) is 4.98 Å². The van der Waals surface area contributed by atoms with Gasteiger partial charge in [0.25, 0.3) is 0 Å². The van der Waals surface area contributed by atoms with Gasteiger partial charge in [0.15, 0.2) is 0 Å². The lowest BCUT2D eigenvalue weighted by Crippen LogP contribution is -2.48. The van der Waals surface area contributed by atoms with E-state index in [2.05, 4.69) is 27.8 Å². The highest BCUT2D eigenvalue weighted by atomic mass is 35.5. The molecule has 30 heavy (non-hydrogen) atoms. The Bertz CT molecular complexity index is 864. The van der Waals surface area contributed by atoms with Crippen LogP contribution in [0.25, 0.3) is 10.9 Å². The summed E-state index contributed by atoms with van der Waals surface area (Å²) >= 11 is 6.14. The minimum absolute atomic E-state index is 0.479. The molecule has 6 nitrogen and oxygen atoms in total. The number of aromatic nitrogens is 1. The Labute approximate surface area is 182 Å². The fourth-order valence-corrected chi connectivity index (χ4v) is 5.33. The number of rotatable bonds is 5. The van der Waals surface area contributed by atoms with Crippen LogP contribution < -0.4 is 10.6 Å². The molecule has 1 aliphatic heterocycles. The van der Waals surface area contributed by atoms with Crippen molar-refractivity contribution in [3.8, 4) is 0 Å². The van der Waals surface area contributed by atoms with E-state index in [1.54, 1.807) is 0 Å². The maximum Gasteiger partial charge on any atom is 0.201 e. The first-order chi connectivity index (χ1) is 14.7. The summed E-state index contributed by atoms with van der Waals surface area (Å²) in [5.41, 5.74) is 2.09. The van der Waals surface area contributed by atoms with Crippen molar-refractivity contribution in [2.75, 3.05) is 25.1 Å². The van der Waals surface area contributed by atoms with Crippen molar-refractivity contribution >= 4 is 28.2 Å². The molecule has 0 bridgehead atoms. The van der Waals surface area contributed by atoms with Gasteiger partial charge in [0.2, 0.25) is 5.79 Å². The topological polar surface area (TPSA) is 64.6 Å². The van der Waals surface area contributed by atoms with Crippen LogP contribution in [0.5, 0.6) is 0 Å². The van der Waals surface area contributed by atoms with Gasteiger partial charge in [0.1, 0.15) is 6.61 Å². The third-order valence-corrected chi connectivity index (χ3v) is 7.10. The molecule has 1 aromatic carbocycles. The smallest absolute Gasteiger partial charge is 0.201 e. The van der Waals surface area contributed by atoms with Crippen molar-refractivity contribution in [2.24, 2.45) is 5.92 Å². The van der Waals surface area contributed by atoms with Gasteiger partial charge in [0.05, 0.1) is 12.1 Å². The highest BCUT2D eigenvalue weighted by Gasteiger charge is 2.40. The molecule has 2 saturated carbocycles. The summed E-state index contributed by atoms with van der Waals surface area (Å²) in [4.78, 5) is 15.1. The lowest BCUT2D eigenvalue weighted by Gasteiger charge is -2.41. The van der Waals surface area contributed by atoms with Crippen LogP contribution in [0.15, 0.2) is 30.5 Å². The van der Waals surface area contributed by atoms with Gasteiger partial charge < -0.3 is 15.4 Å². The molecule has 5 rings (SSSR count). The molecule has 7 heteroatoms. The highest BCUT2D eigenvalue weighted by molar-refractivity contribution is 6.31. The zero-order valence-electron chi connectivity index (χ0n) is 17.2. The molecule has 1 spiro atoms. The molecular weight excluding hydrogens is 402 g/mol. The molecule has 162 valence electrons. The van der Waals surface area contributed by atoms with Gasteiger partial charge in [-0.05, 0) is 55.9 Å². The van der Waals surface area contributed by atoms with E-state index in [1.165, 1.54) is 19.3 Å². The molecule has 2 aliphatic carbocycles. The number of hydrogen-bond acceptors (Lipinski definition) is 6. The lowest BCUT2D eigenvalue weighted by molar-refractivity contribution is -0.471. The van der Waals surface area contributed by atoms with Crippen LogP contribution >= 0.6 is 11.6 Å². The van der Waals surface area contributed by atoms with E-state index in [0.29, 0.717) is 31.2 Å². The van der Waals surface area contributed by atoms with E-state index in [0.717, 1.165) is 53.8 Å². The van der Waals surface area contributed by atoms with E-state index in [1.807, 2.05) is 18.3 Å². The Morgan fingerprint density at radius 1 is 1.10 bits per heavy atom. The first kappa shape index (κ1) is 20.5. The number of nitrogens with zero attached hydrogens (tertiary/aromatic N) is 1. The normalized spacial score (nSPS) is 32.0. The number of nitrogens with one attached hydrogen (secondary N) is 2. The molecule has 2 N–H and O–H groups in total. The van der Waals surface area contributed by atoms with Gasteiger partial charge in [-0.25, -0.2) is 9.78 Å². The quantitative estimate of drug-likeness (QED) is 0.670. The SMILES string of the molecule is Clc1ccc2c(NC3CCCC3CNC3CCC4(CC3)OCCOO4)ccnc2c1. The lowest BCUT2D eigenvalue weighted by atomic mass is 9.89. The van der Waals surface area contributed by atoms with Crippen LogP contribution in [-0.2, 0) is 14.5 Å². The number of hydrogen-bond donors (Lipinski definition) is 2. The Morgan fingerprint density at radius 3 is 2.83 bits per heavy atom. The summed E-state index contributed by atoms with van der Waals surface area (Å²) < 4.78 is 5.86. The molecule has 2 aromatic rings. The van der Waals surface area contributed by atoms with Crippen molar-refractivity contribution in [1.29, 1.82) is 0 Å². The minimum Gasteiger partial charge on any atom is -0.381 e. The molecule has 0 amide bonds. The van der Waals surface area contributed by atoms with Gasteiger partial charge in [0, 0.05) is 53.8 Å². The highest BCUT2D eigenvalue weighted by Crippen LogP contribution is 2.36. The summed E-state index contributed by atoms with van der Waals surface area (Å²) in [6.45, 7) is 2.20. The molecule has 3 fully saturated rings. The average Bonchev–Trinajstić information content (AvgIpc) is 3.21. The fourth-order valence-electron chi connectivity index (χ4n) is 5.16. The summed E-state index contributed by atoms with van der Waals surface area (Å²) in [5.74, 6) is 0.126. The van der Waals surface area contributed by atoms with Crippen molar-refractivity contribution in [1.82, 2.24) is 10.3 Å². The Kier molecular flexibility index (Phi) is 6.12. The van der Waals surface area contributed by atoms with Crippen molar-refractivity contribution < 1.29 is 14.5 Å². The largest absolute Gasteiger partial charge is 0.381 e. The van der Waals surface area contributed by atoms with Crippen LogP contribution in [0.3, 0.4) is 0 Å². The van der Waals surface area contributed by atoms with E-state index in [4.69, 9.17) is 26.1 Å². The molecule has 2 heterocycles. The molecule has 2 atom stereocenters. The number of anilines is 1. The second-order valence-corrected chi connectivity index (χ2v) is 9.25. The van der Waals surface area contributed by atoms with Crippen LogP contribution in [0, 0.1) is 5.92 Å². The molecule has 0 radical (unpaired) electrons. The third kappa shape index (κ3) is 4.43. The first-order valence-corrected chi connectivity index (χ1v) is 11.6. The predicted octanol–water partition coefficient (Wildman–Crippen LogP) is 4.68. The van der Waals surface area contributed by atoms with E-state index >= 15 is 0 Å². The first-order valence-electron chi connectivity index (χ1n) is 11.2. The van der Waals surface area contributed by atoms with Crippen LogP contribution in [0.4, 0.5) is 5.69 Å². The number of fused-ring (bicyclic) bond motifs is 1. The maximum atomic E-state index is 6.14. The average molecular weight is 432 g/mol. The monoisotopic (exact) mass is 431 g/mol. The minimum atomic E-state index is -0.501. The standard InChI is InChI=1S/C23H30ClN3O3/c24-17-4-5-19-21(8-11-25-22(19)14-17)27-20-3-1-2-16(20)15-26-18-6-9-23(10-7-18)28-12-13-29-30-23/h4-5,8,11,14,16,18,20,26H,1-3,6-7,9-10,12-13,15H2,(H,25,27). The summed E-state index contributed by atoms with van der Waals surface area (Å²) in [5, 5.41) is 9.49. The number of ether oxygens (including phenoxy) is 1. The van der Waals surface area contributed by atoms with Gasteiger partial charge in [-0.15, -0.1) is 0 Å². The van der Waals surface area contributed by atoms with Gasteiger partial charge >= 0.3 is 0 Å². The van der Waals surface area contributed by atoms with Crippen molar-refractivity contribution in [3.05, 3.63) is 35.5 Å². The van der Waals surface area contributed by atoms with Crippen LogP contribution in [-0.4, -0.2) is 42.6 Å². The summed E-state index contributed by atoms with van der Waals surface area (Å²) in [6.07, 6.45) is 9.50. The molecule has 1 saturated heterocycles. The Balaban J connectivity index is 1.17. The second-order valence-electron chi connectivity index (χ2n) is 8.81.